The molecule has 0 aliphatic rings. The van der Waals surface area contributed by atoms with E-state index in [0.29, 0.717) is 17.3 Å². The number of nitrogens with zero attached hydrogens (tertiary/aromatic N) is 1. The minimum Gasteiger partial charge on any atom is -0.455 e. The summed E-state index contributed by atoms with van der Waals surface area (Å²) in [5, 5.41) is 3.66. The van der Waals surface area contributed by atoms with Crippen molar-refractivity contribution < 1.29 is 4.74 Å². The Balaban J connectivity index is 2.33. The molecule has 100 valence electrons. The first-order valence-corrected chi connectivity index (χ1v) is 7.00. The number of pyridine rings is 1. The van der Waals surface area contributed by atoms with Gasteiger partial charge in [-0.1, -0.05) is 27.5 Å². The second-order valence-electron chi connectivity index (χ2n) is 4.14. The second kappa shape index (κ2) is 6.37. The van der Waals surface area contributed by atoms with E-state index in [-0.39, 0.29) is 0 Å². The number of ether oxygens (including phenoxy) is 1. The fourth-order valence-corrected chi connectivity index (χ4v) is 2.37. The molecule has 2 aromatic rings. The van der Waals surface area contributed by atoms with Crippen molar-refractivity contribution in [2.24, 2.45) is 0 Å². The molecule has 0 fully saturated rings. The molecule has 0 unspecified atom stereocenters. The first kappa shape index (κ1) is 14.3. The van der Waals surface area contributed by atoms with Crippen LogP contribution in [0.5, 0.6) is 11.5 Å². The topological polar surface area (TPSA) is 34.2 Å². The van der Waals surface area contributed by atoms with E-state index in [1.807, 2.05) is 44.4 Å². The number of benzene rings is 1. The van der Waals surface area contributed by atoms with Gasteiger partial charge in [0.05, 0.1) is 5.02 Å². The highest BCUT2D eigenvalue weighted by molar-refractivity contribution is 9.10. The standard InChI is InChI=1S/C14H14BrClN2O/c1-9-5-14(10(7-17-2)8-18-9)19-13-4-3-11(15)6-12(13)16/h3-6,8,17H,7H2,1-2H3. The van der Waals surface area contributed by atoms with Gasteiger partial charge in [0.15, 0.2) is 0 Å². The molecule has 1 aromatic carbocycles. The summed E-state index contributed by atoms with van der Waals surface area (Å²) in [4.78, 5) is 4.28. The Morgan fingerprint density at radius 3 is 2.79 bits per heavy atom. The van der Waals surface area contributed by atoms with Gasteiger partial charge in [-0.2, -0.15) is 0 Å². The number of aryl methyl sites for hydroxylation is 1. The molecule has 19 heavy (non-hydrogen) atoms. The van der Waals surface area contributed by atoms with Gasteiger partial charge in [-0.3, -0.25) is 4.98 Å². The zero-order valence-corrected chi connectivity index (χ0v) is 13.0. The van der Waals surface area contributed by atoms with Crippen LogP contribution in [0, 0.1) is 6.92 Å². The lowest BCUT2D eigenvalue weighted by atomic mass is 10.2. The van der Waals surface area contributed by atoms with Crippen LogP contribution in [0.15, 0.2) is 34.9 Å². The van der Waals surface area contributed by atoms with Crippen LogP contribution >= 0.6 is 27.5 Å². The lowest BCUT2D eigenvalue weighted by molar-refractivity contribution is 0.473. The van der Waals surface area contributed by atoms with Gasteiger partial charge < -0.3 is 10.1 Å². The molecular formula is C14H14BrClN2O. The van der Waals surface area contributed by atoms with E-state index >= 15 is 0 Å². The maximum Gasteiger partial charge on any atom is 0.146 e. The van der Waals surface area contributed by atoms with Crippen molar-refractivity contribution in [3.63, 3.8) is 0 Å². The molecule has 5 heteroatoms. The third kappa shape index (κ3) is 3.69. The Labute approximate surface area is 126 Å². The SMILES string of the molecule is CNCc1cnc(C)cc1Oc1ccc(Br)cc1Cl. The van der Waals surface area contributed by atoms with Crippen LogP contribution in [-0.2, 0) is 6.54 Å². The Morgan fingerprint density at radius 2 is 2.11 bits per heavy atom. The number of rotatable bonds is 4. The largest absolute Gasteiger partial charge is 0.455 e. The number of hydrogen-bond donors (Lipinski definition) is 1. The molecule has 1 heterocycles. The van der Waals surface area contributed by atoms with Gasteiger partial charge in [0.25, 0.3) is 0 Å². The molecule has 0 bridgehead atoms. The van der Waals surface area contributed by atoms with Gasteiger partial charge in [0.1, 0.15) is 11.5 Å². The summed E-state index contributed by atoms with van der Waals surface area (Å²) in [6.45, 7) is 2.62. The van der Waals surface area contributed by atoms with E-state index < -0.39 is 0 Å². The third-order valence-electron chi connectivity index (χ3n) is 2.56. The molecule has 0 spiro atoms. The third-order valence-corrected chi connectivity index (χ3v) is 3.35. The summed E-state index contributed by atoms with van der Waals surface area (Å²) < 4.78 is 6.82. The zero-order valence-electron chi connectivity index (χ0n) is 10.7. The van der Waals surface area contributed by atoms with Crippen molar-refractivity contribution >= 4 is 27.5 Å². The van der Waals surface area contributed by atoms with Crippen molar-refractivity contribution in [2.75, 3.05) is 7.05 Å². The van der Waals surface area contributed by atoms with E-state index in [9.17, 15) is 0 Å². The van der Waals surface area contributed by atoms with E-state index in [1.54, 1.807) is 0 Å². The normalized spacial score (nSPS) is 10.5. The summed E-state index contributed by atoms with van der Waals surface area (Å²) in [6, 6.07) is 7.45. The second-order valence-corrected chi connectivity index (χ2v) is 5.46. The number of aromatic nitrogens is 1. The van der Waals surface area contributed by atoms with Crippen LogP contribution in [0.25, 0.3) is 0 Å². The summed E-state index contributed by atoms with van der Waals surface area (Å²) in [5.74, 6) is 1.40. The van der Waals surface area contributed by atoms with Crippen LogP contribution in [-0.4, -0.2) is 12.0 Å². The maximum absolute atomic E-state index is 6.16. The molecule has 0 saturated heterocycles. The molecule has 0 aliphatic heterocycles. The van der Waals surface area contributed by atoms with Crippen molar-refractivity contribution in [3.05, 3.63) is 51.2 Å². The minimum absolute atomic E-state index is 0.569. The highest BCUT2D eigenvalue weighted by atomic mass is 79.9. The minimum atomic E-state index is 0.569. The van der Waals surface area contributed by atoms with E-state index in [0.717, 1.165) is 21.5 Å². The molecule has 3 nitrogen and oxygen atoms in total. The smallest absolute Gasteiger partial charge is 0.146 e. The quantitative estimate of drug-likeness (QED) is 0.899. The van der Waals surface area contributed by atoms with E-state index in [1.165, 1.54) is 0 Å². The first-order chi connectivity index (χ1) is 9.10. The first-order valence-electron chi connectivity index (χ1n) is 5.83. The van der Waals surface area contributed by atoms with Gasteiger partial charge in [0, 0.05) is 34.5 Å². The van der Waals surface area contributed by atoms with Gasteiger partial charge in [-0.05, 0) is 32.2 Å². The van der Waals surface area contributed by atoms with Crippen LogP contribution in [0.3, 0.4) is 0 Å². The van der Waals surface area contributed by atoms with Gasteiger partial charge >= 0.3 is 0 Å². The average Bonchev–Trinajstić information content (AvgIpc) is 2.36. The van der Waals surface area contributed by atoms with Crippen LogP contribution in [0.2, 0.25) is 5.02 Å². The predicted molar refractivity (Wildman–Crippen MR) is 81.0 cm³/mol. The van der Waals surface area contributed by atoms with Crippen molar-refractivity contribution in [1.29, 1.82) is 0 Å². The molecule has 2 rings (SSSR count). The molecule has 0 atom stereocenters. The summed E-state index contributed by atoms with van der Waals surface area (Å²) in [5.41, 5.74) is 1.90. The van der Waals surface area contributed by atoms with Crippen LogP contribution in [0.1, 0.15) is 11.3 Å². The lowest BCUT2D eigenvalue weighted by Crippen LogP contribution is -2.07. The summed E-state index contributed by atoms with van der Waals surface area (Å²) in [7, 11) is 1.89. The Bertz CT molecular complexity index is 590. The fourth-order valence-electron chi connectivity index (χ4n) is 1.66. The lowest BCUT2D eigenvalue weighted by Gasteiger charge is -2.12. The van der Waals surface area contributed by atoms with Crippen molar-refractivity contribution in [2.45, 2.75) is 13.5 Å². The molecule has 1 N–H and O–H groups in total. The Kier molecular flexibility index (Phi) is 4.80. The molecule has 0 saturated carbocycles. The average molecular weight is 342 g/mol. The highest BCUT2D eigenvalue weighted by Crippen LogP contribution is 2.33. The number of halogens is 2. The molecule has 0 aliphatic carbocycles. The molecule has 1 aromatic heterocycles. The summed E-state index contributed by atoms with van der Waals surface area (Å²) in [6.07, 6.45) is 1.81. The monoisotopic (exact) mass is 340 g/mol. The molecule has 0 radical (unpaired) electrons. The highest BCUT2D eigenvalue weighted by Gasteiger charge is 2.09. The molecule has 0 amide bonds. The van der Waals surface area contributed by atoms with E-state index in [4.69, 9.17) is 16.3 Å². The Morgan fingerprint density at radius 1 is 1.32 bits per heavy atom. The number of nitrogens with one attached hydrogen (secondary N) is 1. The van der Waals surface area contributed by atoms with Gasteiger partial charge in [0.2, 0.25) is 0 Å². The fraction of sp³-hybridized carbons (Fsp3) is 0.214. The van der Waals surface area contributed by atoms with Crippen molar-refractivity contribution in [1.82, 2.24) is 10.3 Å². The van der Waals surface area contributed by atoms with Crippen LogP contribution < -0.4 is 10.1 Å². The van der Waals surface area contributed by atoms with Crippen LogP contribution in [0.4, 0.5) is 0 Å². The van der Waals surface area contributed by atoms with Crippen molar-refractivity contribution in [3.8, 4) is 11.5 Å². The van der Waals surface area contributed by atoms with Gasteiger partial charge in [-0.25, -0.2) is 0 Å². The zero-order chi connectivity index (χ0) is 13.8. The number of hydrogen-bond acceptors (Lipinski definition) is 3. The molecular weight excluding hydrogens is 328 g/mol. The Hall–Kier alpha value is -1.10. The predicted octanol–water partition coefficient (Wildman–Crippen LogP) is 4.32. The van der Waals surface area contributed by atoms with E-state index in [2.05, 4.69) is 26.2 Å². The summed E-state index contributed by atoms with van der Waals surface area (Å²) >= 11 is 9.54. The maximum atomic E-state index is 6.16. The van der Waals surface area contributed by atoms with Gasteiger partial charge in [-0.15, -0.1) is 0 Å².